The number of fused-ring (bicyclic) bond motifs is 4. The van der Waals surface area contributed by atoms with Crippen LogP contribution in [-0.2, 0) is 0 Å². The van der Waals surface area contributed by atoms with Crippen molar-refractivity contribution in [3.63, 3.8) is 0 Å². The zero-order valence-corrected chi connectivity index (χ0v) is 22.1. The van der Waals surface area contributed by atoms with Crippen LogP contribution in [0.25, 0.3) is 31.4 Å². The highest BCUT2D eigenvalue weighted by atomic mass is 32.2. The summed E-state index contributed by atoms with van der Waals surface area (Å²) in [4.78, 5) is 4.10. The Kier molecular flexibility index (Phi) is 4.86. The first kappa shape index (κ1) is 21.6. The van der Waals surface area contributed by atoms with E-state index in [0.29, 0.717) is 0 Å². The molecule has 2 aliphatic heterocycles. The Morgan fingerprint density at radius 3 is 1.54 bits per heavy atom. The summed E-state index contributed by atoms with van der Waals surface area (Å²) in [5, 5.41) is 1.41. The molecule has 0 amide bonds. The second kappa shape index (κ2) is 7.89. The molecule has 4 aromatic rings. The molecule has 0 N–H and O–H groups in total. The third kappa shape index (κ3) is 3.15. The van der Waals surface area contributed by atoms with Crippen LogP contribution in [0.15, 0.2) is 109 Å². The van der Waals surface area contributed by atoms with Crippen LogP contribution in [0.1, 0.15) is 25.0 Å². The fourth-order valence-corrected chi connectivity index (χ4v) is 10.0. The first-order valence-corrected chi connectivity index (χ1v) is 14.4. The van der Waals surface area contributed by atoms with Crippen LogP contribution >= 0.6 is 34.9 Å². The van der Waals surface area contributed by atoms with Gasteiger partial charge < -0.3 is 0 Å². The van der Waals surface area contributed by atoms with Gasteiger partial charge in [-0.25, -0.2) is 0 Å². The summed E-state index contributed by atoms with van der Waals surface area (Å²) in [5.74, 6) is 0. The normalized spacial score (nSPS) is 24.5. The highest BCUT2D eigenvalue weighted by molar-refractivity contribution is 8.14. The zero-order valence-electron chi connectivity index (χ0n) is 19.6. The molecule has 2 unspecified atom stereocenters. The van der Waals surface area contributed by atoms with Gasteiger partial charge in [0.15, 0.2) is 0 Å². The summed E-state index contributed by atoms with van der Waals surface area (Å²) >= 11 is 6.04. The quantitative estimate of drug-likeness (QED) is 0.279. The molecule has 1 aromatic heterocycles. The van der Waals surface area contributed by atoms with Crippen molar-refractivity contribution in [2.45, 2.75) is 23.3 Å². The fraction of sp³-hybridized carbons (Fsp3) is 0.125. The van der Waals surface area contributed by atoms with Gasteiger partial charge in [0.05, 0.1) is 9.49 Å². The van der Waals surface area contributed by atoms with E-state index in [1.807, 2.05) is 34.9 Å². The van der Waals surface area contributed by atoms with E-state index < -0.39 is 0 Å². The lowest BCUT2D eigenvalue weighted by atomic mass is 9.77. The Morgan fingerprint density at radius 1 is 0.543 bits per heavy atom. The molecule has 3 heteroatoms. The summed E-state index contributed by atoms with van der Waals surface area (Å²) < 4.78 is 1.31. The molecule has 3 heterocycles. The van der Waals surface area contributed by atoms with E-state index in [1.165, 1.54) is 52.3 Å². The van der Waals surface area contributed by atoms with Crippen LogP contribution in [0.4, 0.5) is 0 Å². The smallest absolute Gasteiger partial charge is 0.0630 e. The lowest BCUT2D eigenvalue weighted by Gasteiger charge is -2.44. The molecule has 3 aromatic carbocycles. The Labute approximate surface area is 218 Å². The molecule has 0 radical (unpaired) electrons. The molecule has 2 atom stereocenters. The zero-order chi connectivity index (χ0) is 23.6. The lowest BCUT2D eigenvalue weighted by Crippen LogP contribution is -2.52. The third-order valence-corrected chi connectivity index (χ3v) is 12.1. The van der Waals surface area contributed by atoms with Gasteiger partial charge in [0.25, 0.3) is 0 Å². The predicted octanol–water partition coefficient (Wildman–Crippen LogP) is 7.82. The number of hydrogen-bond donors (Lipinski definition) is 0. The molecule has 0 saturated heterocycles. The van der Waals surface area contributed by atoms with E-state index >= 15 is 0 Å². The van der Waals surface area contributed by atoms with Crippen LogP contribution in [-0.4, -0.2) is 9.49 Å². The molecular weight excluding hydrogens is 481 g/mol. The first-order valence-electron chi connectivity index (χ1n) is 11.9. The molecule has 0 bridgehead atoms. The van der Waals surface area contributed by atoms with E-state index in [4.69, 9.17) is 0 Å². The van der Waals surface area contributed by atoms with Gasteiger partial charge in [-0.1, -0.05) is 91.0 Å². The number of allylic oxidation sites excluding steroid dienone is 2. The minimum atomic E-state index is -0.0623. The number of thiophene rings is 1. The number of thioether (sulfide) groups is 2. The van der Waals surface area contributed by atoms with Crippen LogP contribution < -0.4 is 9.75 Å². The number of benzene rings is 3. The number of hydrogen-bond acceptors (Lipinski definition) is 3. The van der Waals surface area contributed by atoms with Gasteiger partial charge in [0, 0.05) is 19.2 Å². The SMILES string of the molecule is CC12SC(c3ccccc3)=CC1=c1cc(-c3ccccc3)sc1=C1C=C(c3ccccc3)SC12C. The predicted molar refractivity (Wildman–Crippen MR) is 157 cm³/mol. The van der Waals surface area contributed by atoms with Crippen molar-refractivity contribution >= 4 is 55.8 Å². The second-order valence-corrected chi connectivity index (χ2v) is 13.5. The van der Waals surface area contributed by atoms with Crippen molar-refractivity contribution in [1.82, 2.24) is 0 Å². The van der Waals surface area contributed by atoms with Crippen molar-refractivity contribution in [1.29, 1.82) is 0 Å². The van der Waals surface area contributed by atoms with E-state index in [-0.39, 0.29) is 9.49 Å². The van der Waals surface area contributed by atoms with Gasteiger partial charge >= 0.3 is 0 Å². The lowest BCUT2D eigenvalue weighted by molar-refractivity contribution is 0.691. The van der Waals surface area contributed by atoms with Crippen LogP contribution in [0, 0.1) is 0 Å². The molecule has 1 aliphatic carbocycles. The molecule has 3 aliphatic rings. The Hall–Kier alpha value is -2.72. The van der Waals surface area contributed by atoms with Crippen molar-refractivity contribution in [3.05, 3.63) is 130 Å². The van der Waals surface area contributed by atoms with Gasteiger partial charge in [0.1, 0.15) is 0 Å². The van der Waals surface area contributed by atoms with Crippen molar-refractivity contribution < 1.29 is 0 Å². The van der Waals surface area contributed by atoms with E-state index in [9.17, 15) is 0 Å². The average molecular weight is 505 g/mol. The maximum absolute atomic E-state index is 2.48. The van der Waals surface area contributed by atoms with Crippen LogP contribution in [0.3, 0.4) is 0 Å². The van der Waals surface area contributed by atoms with Crippen molar-refractivity contribution in [2.75, 3.05) is 0 Å². The molecular formula is C32H24S3. The first-order chi connectivity index (χ1) is 17.1. The molecule has 0 saturated carbocycles. The summed E-state index contributed by atoms with van der Waals surface area (Å²) in [6, 6.07) is 35.0. The highest BCUT2D eigenvalue weighted by Gasteiger charge is 2.57. The van der Waals surface area contributed by atoms with E-state index in [0.717, 1.165) is 0 Å². The Morgan fingerprint density at radius 2 is 1.00 bits per heavy atom. The molecule has 0 nitrogen and oxygen atoms in total. The minimum absolute atomic E-state index is 0.0585. The van der Waals surface area contributed by atoms with Gasteiger partial charge in [-0.3, -0.25) is 0 Å². The largest absolute Gasteiger partial charge is 0.135 e. The molecule has 170 valence electrons. The highest BCUT2D eigenvalue weighted by Crippen LogP contribution is 2.67. The molecule has 35 heavy (non-hydrogen) atoms. The van der Waals surface area contributed by atoms with E-state index in [2.05, 4.69) is 123 Å². The monoisotopic (exact) mass is 504 g/mol. The van der Waals surface area contributed by atoms with Crippen LogP contribution in [0.5, 0.6) is 0 Å². The van der Waals surface area contributed by atoms with Crippen molar-refractivity contribution in [3.8, 4) is 10.4 Å². The summed E-state index contributed by atoms with van der Waals surface area (Å²) in [6.45, 7) is 4.94. The van der Waals surface area contributed by atoms with Gasteiger partial charge in [-0.15, -0.1) is 34.9 Å². The van der Waals surface area contributed by atoms with Crippen LogP contribution in [0.2, 0.25) is 0 Å². The second-order valence-electron chi connectivity index (χ2n) is 9.57. The minimum Gasteiger partial charge on any atom is -0.135 e. The maximum atomic E-state index is 2.48. The van der Waals surface area contributed by atoms with Crippen molar-refractivity contribution in [2.24, 2.45) is 0 Å². The van der Waals surface area contributed by atoms with Gasteiger partial charge in [-0.2, -0.15) is 0 Å². The summed E-state index contributed by atoms with van der Waals surface area (Å²) in [5.41, 5.74) is 6.87. The molecule has 0 spiro atoms. The average Bonchev–Trinajstić information content (AvgIpc) is 3.60. The third-order valence-electron chi connectivity index (χ3n) is 7.56. The summed E-state index contributed by atoms with van der Waals surface area (Å²) in [6.07, 6.45) is 4.95. The fourth-order valence-electron chi connectivity index (χ4n) is 5.50. The number of rotatable bonds is 3. The molecule has 7 rings (SSSR count). The Balaban J connectivity index is 1.53. The topological polar surface area (TPSA) is 0 Å². The molecule has 0 fully saturated rings. The van der Waals surface area contributed by atoms with E-state index in [1.54, 1.807) is 0 Å². The Bertz CT molecular complexity index is 1540. The standard InChI is InChI=1S/C32H24S3/c1-31-25(19-28(34-31)22-14-8-4-9-15-22)24-18-27(21-12-6-3-7-13-21)33-30(24)26-20-29(35-32(26,31)2)23-16-10-5-11-17-23/h3-20H,1-2H3. The van der Waals surface area contributed by atoms with Gasteiger partial charge in [-0.05, 0) is 65.1 Å². The summed E-state index contributed by atoms with van der Waals surface area (Å²) in [7, 11) is 0. The maximum Gasteiger partial charge on any atom is 0.0630 e. The van der Waals surface area contributed by atoms with Gasteiger partial charge in [0.2, 0.25) is 0 Å².